The van der Waals surface area contributed by atoms with E-state index in [1.54, 1.807) is 0 Å². The highest BCUT2D eigenvalue weighted by atomic mass is 19.4. The second-order valence-electron chi connectivity index (χ2n) is 8.28. The summed E-state index contributed by atoms with van der Waals surface area (Å²) >= 11 is 0. The Hall–Kier alpha value is -2.20. The maximum atomic E-state index is 12.3. The van der Waals surface area contributed by atoms with E-state index < -0.39 is 17.7 Å². The van der Waals surface area contributed by atoms with Crippen molar-refractivity contribution in [3.8, 4) is 0 Å². The summed E-state index contributed by atoms with van der Waals surface area (Å²) in [6.07, 6.45) is 2.49. The second kappa shape index (κ2) is 8.89. The lowest BCUT2D eigenvalue weighted by Gasteiger charge is -2.49. The number of anilines is 1. The summed E-state index contributed by atoms with van der Waals surface area (Å²) in [5.41, 5.74) is 0.639. The number of carboxylic acid groups (broad SMARTS) is 1. The maximum Gasteiger partial charge on any atom is 0.490 e. The molecule has 3 fully saturated rings. The van der Waals surface area contributed by atoms with Crippen molar-refractivity contribution >= 4 is 17.7 Å². The predicted octanol–water partition coefficient (Wildman–Crippen LogP) is 2.67. The van der Waals surface area contributed by atoms with Crippen molar-refractivity contribution in [3.05, 3.63) is 23.9 Å². The largest absolute Gasteiger partial charge is 0.490 e. The van der Waals surface area contributed by atoms with Crippen LogP contribution in [0.25, 0.3) is 0 Å². The molecule has 7 nitrogen and oxygen atoms in total. The third kappa shape index (κ3) is 5.69. The van der Waals surface area contributed by atoms with Crippen LogP contribution in [-0.2, 0) is 9.59 Å². The Bertz CT molecular complexity index is 754. The topological polar surface area (TPSA) is 112 Å². The first-order valence-electron chi connectivity index (χ1n) is 10.1. The molecule has 3 aliphatic rings. The lowest BCUT2D eigenvalue weighted by molar-refractivity contribution is -0.192. The van der Waals surface area contributed by atoms with Gasteiger partial charge in [-0.3, -0.25) is 4.79 Å². The van der Waals surface area contributed by atoms with Crippen LogP contribution in [0.4, 0.5) is 19.0 Å². The first kappa shape index (κ1) is 22.5. The van der Waals surface area contributed by atoms with Gasteiger partial charge in [0, 0.05) is 12.1 Å². The Kier molecular flexibility index (Phi) is 6.66. The van der Waals surface area contributed by atoms with E-state index in [1.165, 1.54) is 18.4 Å². The van der Waals surface area contributed by atoms with Gasteiger partial charge < -0.3 is 20.8 Å². The Labute approximate surface area is 172 Å². The average Bonchev–Trinajstić information content (AvgIpc) is 3.52. The number of pyridine rings is 1. The molecule has 1 saturated heterocycles. The zero-order chi connectivity index (χ0) is 21.9. The van der Waals surface area contributed by atoms with E-state index in [1.807, 2.05) is 12.3 Å². The van der Waals surface area contributed by atoms with Gasteiger partial charge >= 0.3 is 12.1 Å². The number of carbonyl (C=O) groups excluding carboxylic acids is 1. The van der Waals surface area contributed by atoms with Crippen LogP contribution < -0.4 is 10.6 Å². The number of alkyl halides is 3. The normalized spacial score (nSPS) is 26.7. The number of hydrogen-bond acceptors (Lipinski definition) is 5. The number of rotatable bonds is 4. The highest BCUT2D eigenvalue weighted by Crippen LogP contribution is 2.46. The number of carbonyl (C=O) groups is 2. The van der Waals surface area contributed by atoms with Crippen LogP contribution in [0.1, 0.15) is 50.0 Å². The van der Waals surface area contributed by atoms with E-state index in [9.17, 15) is 23.1 Å². The Morgan fingerprint density at radius 1 is 1.13 bits per heavy atom. The number of nitrogens with one attached hydrogen (secondary N) is 2. The summed E-state index contributed by atoms with van der Waals surface area (Å²) in [6.45, 7) is 1.95. The van der Waals surface area contributed by atoms with Crippen LogP contribution in [0.15, 0.2) is 18.3 Å². The van der Waals surface area contributed by atoms with Gasteiger partial charge in [0.2, 0.25) is 5.91 Å². The third-order valence-corrected chi connectivity index (χ3v) is 6.00. The van der Waals surface area contributed by atoms with Crippen LogP contribution in [0, 0.1) is 11.8 Å². The minimum absolute atomic E-state index is 0.00437. The van der Waals surface area contributed by atoms with Crippen LogP contribution in [0.2, 0.25) is 0 Å². The van der Waals surface area contributed by atoms with Gasteiger partial charge in [-0.1, -0.05) is 6.07 Å². The quantitative estimate of drug-likeness (QED) is 0.586. The number of aliphatic hydroxyl groups is 1. The smallest absolute Gasteiger partial charge is 0.475 e. The molecule has 2 aliphatic carbocycles. The van der Waals surface area contributed by atoms with Crippen molar-refractivity contribution in [1.82, 2.24) is 10.3 Å². The number of nitrogens with zero attached hydrogens (tertiary/aromatic N) is 1. The summed E-state index contributed by atoms with van der Waals surface area (Å²) in [6, 6.07) is 3.95. The molecule has 1 aromatic rings. The zero-order valence-corrected chi connectivity index (χ0v) is 16.4. The number of aliphatic carboxylic acids is 1. The van der Waals surface area contributed by atoms with E-state index in [2.05, 4.69) is 21.7 Å². The van der Waals surface area contributed by atoms with E-state index in [4.69, 9.17) is 9.90 Å². The van der Waals surface area contributed by atoms with Crippen molar-refractivity contribution in [1.29, 1.82) is 0 Å². The van der Waals surface area contributed by atoms with Crippen LogP contribution in [0.3, 0.4) is 0 Å². The van der Waals surface area contributed by atoms with E-state index in [0.29, 0.717) is 30.5 Å². The van der Waals surface area contributed by atoms with Gasteiger partial charge in [-0.05, 0) is 75.1 Å². The molecule has 0 aromatic carbocycles. The Balaban J connectivity index is 0.000000318. The summed E-state index contributed by atoms with van der Waals surface area (Å²) in [7, 11) is 0. The summed E-state index contributed by atoms with van der Waals surface area (Å²) < 4.78 is 31.7. The zero-order valence-electron chi connectivity index (χ0n) is 16.4. The number of halogens is 3. The predicted molar refractivity (Wildman–Crippen MR) is 102 cm³/mol. The summed E-state index contributed by atoms with van der Waals surface area (Å²) in [5, 5.41) is 24.0. The molecule has 0 bridgehead atoms. The van der Waals surface area contributed by atoms with E-state index >= 15 is 0 Å². The summed E-state index contributed by atoms with van der Waals surface area (Å²) in [5.74, 6) is -1.21. The molecule has 1 amide bonds. The van der Waals surface area contributed by atoms with E-state index in [0.717, 1.165) is 25.9 Å². The van der Waals surface area contributed by atoms with Crippen molar-refractivity contribution in [2.45, 2.75) is 56.2 Å². The molecule has 0 radical (unpaired) electrons. The van der Waals surface area contributed by atoms with Crippen LogP contribution in [-0.4, -0.2) is 51.9 Å². The van der Waals surface area contributed by atoms with Gasteiger partial charge in [0.1, 0.15) is 5.82 Å². The number of carboxylic acids is 1. The fraction of sp³-hybridized carbons (Fsp3) is 0.650. The maximum absolute atomic E-state index is 12.3. The molecule has 166 valence electrons. The van der Waals surface area contributed by atoms with E-state index in [-0.39, 0.29) is 11.8 Å². The van der Waals surface area contributed by atoms with Crippen molar-refractivity contribution < 1.29 is 33.0 Å². The molecule has 4 N–H and O–H groups in total. The number of amides is 1. The average molecular weight is 429 g/mol. The molecule has 30 heavy (non-hydrogen) atoms. The lowest BCUT2D eigenvalue weighted by atomic mass is 9.62. The fourth-order valence-electron chi connectivity index (χ4n) is 4.04. The van der Waals surface area contributed by atoms with Crippen molar-refractivity contribution in [2.75, 3.05) is 18.4 Å². The Morgan fingerprint density at radius 2 is 1.73 bits per heavy atom. The van der Waals surface area contributed by atoms with Crippen LogP contribution >= 0.6 is 0 Å². The first-order valence-corrected chi connectivity index (χ1v) is 10.1. The molecule has 4 rings (SSSR count). The van der Waals surface area contributed by atoms with Gasteiger partial charge in [-0.25, -0.2) is 9.78 Å². The molecular formula is C20H26F3N3O4. The van der Waals surface area contributed by atoms with Gasteiger partial charge in [-0.2, -0.15) is 13.2 Å². The standard InChI is InChI=1S/C18H25N3O2.C2HF3O2/c22-17(21-16-4-3-13(11-20-16)12-1-2-12)14-9-18(23,10-14)15-5-7-19-8-6-15;3-2(4,5)1(6)7/h3-4,11-12,14-15,19,23H,1-2,5-10H2,(H,20,21,22);(H,6,7). The lowest BCUT2D eigenvalue weighted by Crippen LogP contribution is -2.55. The molecule has 10 heteroatoms. The molecule has 0 unspecified atom stereocenters. The van der Waals surface area contributed by atoms with Crippen LogP contribution in [0.5, 0.6) is 0 Å². The fourth-order valence-corrected chi connectivity index (χ4v) is 4.04. The van der Waals surface area contributed by atoms with Gasteiger partial charge in [0.05, 0.1) is 5.60 Å². The molecule has 1 aliphatic heterocycles. The third-order valence-electron chi connectivity index (χ3n) is 6.00. The highest BCUT2D eigenvalue weighted by Gasteiger charge is 2.50. The SMILES string of the molecule is O=C(Nc1ccc(C2CC2)cn1)C1CC(O)(C2CCNCC2)C1.O=C(O)C(F)(F)F. The number of hydrogen-bond donors (Lipinski definition) is 4. The molecule has 2 heterocycles. The van der Waals surface area contributed by atoms with Gasteiger partial charge in [-0.15, -0.1) is 0 Å². The number of aromatic nitrogens is 1. The highest BCUT2D eigenvalue weighted by molar-refractivity contribution is 5.92. The number of piperidine rings is 1. The molecule has 0 atom stereocenters. The summed E-state index contributed by atoms with van der Waals surface area (Å²) in [4.78, 5) is 25.6. The minimum atomic E-state index is -5.08. The molecule has 1 aromatic heterocycles. The first-order chi connectivity index (χ1) is 14.1. The van der Waals surface area contributed by atoms with Crippen molar-refractivity contribution in [2.24, 2.45) is 11.8 Å². The molecule has 2 saturated carbocycles. The molecule has 0 spiro atoms. The second-order valence-corrected chi connectivity index (χ2v) is 8.28. The Morgan fingerprint density at radius 3 is 2.20 bits per heavy atom. The minimum Gasteiger partial charge on any atom is -0.475 e. The van der Waals surface area contributed by atoms with Gasteiger partial charge in [0.25, 0.3) is 0 Å². The monoisotopic (exact) mass is 429 g/mol. The van der Waals surface area contributed by atoms with Gasteiger partial charge in [0.15, 0.2) is 0 Å². The van der Waals surface area contributed by atoms with Crippen molar-refractivity contribution in [3.63, 3.8) is 0 Å². The molecular weight excluding hydrogens is 403 g/mol.